The smallest absolute Gasteiger partial charge is 0.326 e. The van der Waals surface area contributed by atoms with Crippen molar-refractivity contribution >= 4 is 11.9 Å². The van der Waals surface area contributed by atoms with Gasteiger partial charge in [0, 0.05) is 19.4 Å². The summed E-state index contributed by atoms with van der Waals surface area (Å²) < 4.78 is 23.8. The minimum Gasteiger partial charge on any atom is -0.497 e. The lowest BCUT2D eigenvalue weighted by Gasteiger charge is -2.37. The maximum atomic E-state index is 12.4. The normalized spacial score (nSPS) is 21.5. The Labute approximate surface area is 227 Å². The van der Waals surface area contributed by atoms with Crippen LogP contribution >= 0.6 is 0 Å². The second-order valence-corrected chi connectivity index (χ2v) is 9.54. The summed E-state index contributed by atoms with van der Waals surface area (Å²) in [7, 11) is 3.24. The fourth-order valence-corrected chi connectivity index (χ4v) is 5.19. The summed E-state index contributed by atoms with van der Waals surface area (Å²) >= 11 is 0. The molecule has 0 aromatic heterocycles. The molecule has 3 amide bonds. The third kappa shape index (κ3) is 5.34. The van der Waals surface area contributed by atoms with E-state index in [2.05, 4.69) is 5.32 Å². The number of rotatable bonds is 9. The average molecular weight is 533 g/mol. The van der Waals surface area contributed by atoms with Gasteiger partial charge in [-0.2, -0.15) is 0 Å². The molecule has 2 aliphatic heterocycles. The molecular weight excluding hydrogens is 500 g/mol. The van der Waals surface area contributed by atoms with Crippen molar-refractivity contribution in [2.75, 3.05) is 27.4 Å². The number of aliphatic hydroxyl groups is 1. The molecule has 3 aromatic carbocycles. The minimum atomic E-state index is -1.06. The van der Waals surface area contributed by atoms with Gasteiger partial charge in [-0.25, -0.2) is 4.79 Å². The topological polar surface area (TPSA) is 107 Å². The second-order valence-electron chi connectivity index (χ2n) is 9.54. The van der Waals surface area contributed by atoms with Crippen LogP contribution < -0.4 is 14.8 Å². The lowest BCUT2D eigenvalue weighted by molar-refractivity contribution is -0.125. The van der Waals surface area contributed by atoms with Crippen molar-refractivity contribution in [1.82, 2.24) is 10.2 Å². The highest BCUT2D eigenvalue weighted by molar-refractivity contribution is 5.96. The van der Waals surface area contributed by atoms with Gasteiger partial charge in [0.15, 0.2) is 0 Å². The number of methoxy groups -OCH3 is 2. The van der Waals surface area contributed by atoms with Crippen molar-refractivity contribution < 1.29 is 33.6 Å². The second kappa shape index (κ2) is 11.4. The van der Waals surface area contributed by atoms with Crippen LogP contribution in [-0.4, -0.2) is 67.8 Å². The molecule has 2 heterocycles. The van der Waals surface area contributed by atoms with Crippen LogP contribution in [0.15, 0.2) is 78.9 Å². The highest BCUT2D eigenvalue weighted by Gasteiger charge is 2.44. The number of amides is 3. The monoisotopic (exact) mass is 532 g/mol. The van der Waals surface area contributed by atoms with Crippen molar-refractivity contribution in [3.05, 3.63) is 95.6 Å². The van der Waals surface area contributed by atoms with Gasteiger partial charge < -0.3 is 24.1 Å². The lowest BCUT2D eigenvalue weighted by Crippen LogP contribution is -2.53. The van der Waals surface area contributed by atoms with Gasteiger partial charge in [-0.05, 0) is 41.0 Å². The molecule has 0 spiro atoms. The first-order chi connectivity index (χ1) is 18.9. The van der Waals surface area contributed by atoms with Crippen LogP contribution in [0, 0.1) is 0 Å². The van der Waals surface area contributed by atoms with E-state index in [-0.39, 0.29) is 31.9 Å². The molecule has 39 heavy (non-hydrogen) atoms. The van der Waals surface area contributed by atoms with Gasteiger partial charge in [-0.3, -0.25) is 15.0 Å². The van der Waals surface area contributed by atoms with E-state index in [4.69, 9.17) is 18.9 Å². The SMILES string of the molecule is COc1ccc(C(OCC2OC(N3CCC(=O)NC3=O)CC2O)(c2ccccc2)c2ccc(OC)cc2)cc1. The zero-order valence-corrected chi connectivity index (χ0v) is 21.9. The first-order valence-corrected chi connectivity index (χ1v) is 12.9. The molecule has 0 radical (unpaired) electrons. The Bertz CT molecular complexity index is 1230. The Morgan fingerprint density at radius 1 is 0.897 bits per heavy atom. The summed E-state index contributed by atoms with van der Waals surface area (Å²) in [6, 6.07) is 24.7. The van der Waals surface area contributed by atoms with Crippen LogP contribution in [0.3, 0.4) is 0 Å². The standard InChI is InChI=1S/C30H32N2O7/c1-36-23-12-8-21(9-13-23)30(20-6-4-3-5-7-20,22-10-14-24(37-2)15-11-22)38-19-26-25(33)18-28(39-26)32-17-16-27(34)31-29(32)35/h3-15,25-26,28,33H,16-19H2,1-2H3,(H,31,34,35). The number of hydrogen-bond donors (Lipinski definition) is 2. The summed E-state index contributed by atoms with van der Waals surface area (Å²) in [6.45, 7) is 0.278. The molecule has 2 N–H and O–H groups in total. The Morgan fingerprint density at radius 2 is 1.46 bits per heavy atom. The molecule has 2 aliphatic rings. The quantitative estimate of drug-likeness (QED) is 0.407. The molecule has 9 heteroatoms. The Morgan fingerprint density at radius 3 is 2.00 bits per heavy atom. The summed E-state index contributed by atoms with van der Waals surface area (Å²) in [4.78, 5) is 25.4. The molecular formula is C30H32N2O7. The van der Waals surface area contributed by atoms with Crippen molar-refractivity contribution in [1.29, 1.82) is 0 Å². The summed E-state index contributed by atoms with van der Waals surface area (Å²) in [5.74, 6) is 1.11. The van der Waals surface area contributed by atoms with E-state index >= 15 is 0 Å². The maximum Gasteiger partial charge on any atom is 0.326 e. The van der Waals surface area contributed by atoms with Crippen LogP contribution in [-0.2, 0) is 19.9 Å². The first-order valence-electron chi connectivity index (χ1n) is 12.9. The highest BCUT2D eigenvalue weighted by atomic mass is 16.6. The van der Waals surface area contributed by atoms with E-state index in [1.807, 2.05) is 78.9 Å². The van der Waals surface area contributed by atoms with Gasteiger partial charge in [0.05, 0.1) is 26.9 Å². The predicted octanol–water partition coefficient (Wildman–Crippen LogP) is 3.43. The lowest BCUT2D eigenvalue weighted by atomic mass is 9.80. The Hall–Kier alpha value is -3.92. The molecule has 204 valence electrons. The molecule has 3 atom stereocenters. The summed E-state index contributed by atoms with van der Waals surface area (Å²) in [6.07, 6.45) is -1.80. The van der Waals surface area contributed by atoms with E-state index in [1.54, 1.807) is 14.2 Å². The van der Waals surface area contributed by atoms with E-state index in [9.17, 15) is 14.7 Å². The summed E-state index contributed by atoms with van der Waals surface area (Å²) in [5.41, 5.74) is 1.55. The van der Waals surface area contributed by atoms with Crippen LogP contribution in [0.1, 0.15) is 29.5 Å². The maximum absolute atomic E-state index is 12.4. The zero-order valence-electron chi connectivity index (χ0n) is 21.9. The molecule has 3 unspecified atom stereocenters. The first kappa shape index (κ1) is 26.7. The fourth-order valence-electron chi connectivity index (χ4n) is 5.19. The van der Waals surface area contributed by atoms with Crippen LogP contribution in [0.4, 0.5) is 4.79 Å². The summed E-state index contributed by atoms with van der Waals surface area (Å²) in [5, 5.41) is 13.2. The van der Waals surface area contributed by atoms with Gasteiger partial charge in [0.2, 0.25) is 5.91 Å². The van der Waals surface area contributed by atoms with Gasteiger partial charge in [0.1, 0.15) is 29.4 Å². The number of carbonyl (C=O) groups is 2. The van der Waals surface area contributed by atoms with Gasteiger partial charge in [-0.15, -0.1) is 0 Å². The van der Waals surface area contributed by atoms with Crippen LogP contribution in [0.25, 0.3) is 0 Å². The molecule has 2 saturated heterocycles. The van der Waals surface area contributed by atoms with Gasteiger partial charge in [0.25, 0.3) is 0 Å². The number of nitrogens with one attached hydrogen (secondary N) is 1. The number of benzene rings is 3. The third-order valence-corrected chi connectivity index (χ3v) is 7.28. The molecule has 2 fully saturated rings. The largest absolute Gasteiger partial charge is 0.497 e. The number of carbonyl (C=O) groups excluding carboxylic acids is 2. The number of ether oxygens (including phenoxy) is 4. The van der Waals surface area contributed by atoms with E-state index in [0.717, 1.165) is 16.7 Å². The van der Waals surface area contributed by atoms with Crippen LogP contribution in [0.2, 0.25) is 0 Å². The number of imide groups is 1. The highest BCUT2D eigenvalue weighted by Crippen LogP contribution is 2.42. The number of urea groups is 1. The Balaban J connectivity index is 1.49. The van der Waals surface area contributed by atoms with Crippen molar-refractivity contribution in [2.45, 2.75) is 36.9 Å². The molecule has 0 bridgehead atoms. The third-order valence-electron chi connectivity index (χ3n) is 7.28. The zero-order chi connectivity index (χ0) is 27.4. The van der Waals surface area contributed by atoms with Crippen LogP contribution in [0.5, 0.6) is 11.5 Å². The Kier molecular flexibility index (Phi) is 7.83. The predicted molar refractivity (Wildman–Crippen MR) is 142 cm³/mol. The van der Waals surface area contributed by atoms with Gasteiger partial charge >= 0.3 is 6.03 Å². The van der Waals surface area contributed by atoms with Crippen molar-refractivity contribution in [2.24, 2.45) is 0 Å². The van der Waals surface area contributed by atoms with Crippen molar-refractivity contribution in [3.8, 4) is 11.5 Å². The fraction of sp³-hybridized carbons (Fsp3) is 0.333. The molecule has 9 nitrogen and oxygen atoms in total. The van der Waals surface area contributed by atoms with E-state index in [0.29, 0.717) is 11.5 Å². The molecule has 0 saturated carbocycles. The number of aliphatic hydroxyl groups excluding tert-OH is 1. The minimum absolute atomic E-state index is 0.0407. The van der Waals surface area contributed by atoms with Gasteiger partial charge in [-0.1, -0.05) is 54.6 Å². The molecule has 3 aromatic rings. The molecule has 5 rings (SSSR count). The number of nitrogens with zero attached hydrogens (tertiary/aromatic N) is 1. The molecule has 0 aliphatic carbocycles. The van der Waals surface area contributed by atoms with E-state index < -0.39 is 30.1 Å². The number of hydrogen-bond acceptors (Lipinski definition) is 7. The van der Waals surface area contributed by atoms with Crippen molar-refractivity contribution in [3.63, 3.8) is 0 Å². The van der Waals surface area contributed by atoms with E-state index in [1.165, 1.54) is 4.90 Å². The average Bonchev–Trinajstić information content (AvgIpc) is 3.34.